The lowest BCUT2D eigenvalue weighted by Gasteiger charge is -2.23. The van der Waals surface area contributed by atoms with Gasteiger partial charge in [-0.25, -0.2) is 8.78 Å². The highest BCUT2D eigenvalue weighted by Crippen LogP contribution is 2.22. The van der Waals surface area contributed by atoms with E-state index in [4.69, 9.17) is 4.74 Å². The van der Waals surface area contributed by atoms with Crippen molar-refractivity contribution in [3.8, 4) is 0 Å². The molecule has 0 bridgehead atoms. The number of rotatable bonds is 5. The number of amides is 1. The van der Waals surface area contributed by atoms with E-state index in [-0.39, 0.29) is 17.3 Å². The molecule has 1 atom stereocenters. The quantitative estimate of drug-likeness (QED) is 0.908. The van der Waals surface area contributed by atoms with Gasteiger partial charge in [-0.15, -0.1) is 0 Å². The minimum absolute atomic E-state index is 0.0152. The van der Waals surface area contributed by atoms with Crippen LogP contribution in [0.25, 0.3) is 0 Å². The molecule has 0 aromatic heterocycles. The molecule has 0 aliphatic carbocycles. The summed E-state index contributed by atoms with van der Waals surface area (Å²) in [6.07, 6.45) is 1.49. The first-order valence-corrected chi connectivity index (χ1v) is 7.12. The Hall–Kier alpha value is -1.69. The average Bonchev–Trinajstić information content (AvgIpc) is 2.99. The highest BCUT2D eigenvalue weighted by atomic mass is 19.1. The largest absolute Gasteiger partial charge is 0.380 e. The number of halogens is 2. The molecule has 4 nitrogen and oxygen atoms in total. The van der Waals surface area contributed by atoms with Crippen LogP contribution in [0.1, 0.15) is 30.1 Å². The number of carbonyl (C=O) groups excluding carboxylic acids is 1. The summed E-state index contributed by atoms with van der Waals surface area (Å²) >= 11 is 0. The van der Waals surface area contributed by atoms with E-state index >= 15 is 0 Å². The molecule has 21 heavy (non-hydrogen) atoms. The third kappa shape index (κ3) is 3.50. The SMILES string of the molecule is CCCNc1c(F)cc(C(=O)N(C)C2CCOC2)cc1F. The number of anilines is 1. The fourth-order valence-corrected chi connectivity index (χ4v) is 2.31. The van der Waals surface area contributed by atoms with Gasteiger partial charge in [0.15, 0.2) is 0 Å². The van der Waals surface area contributed by atoms with Crippen LogP contribution in [0.3, 0.4) is 0 Å². The fourth-order valence-electron chi connectivity index (χ4n) is 2.31. The molecular formula is C15H20F2N2O2. The van der Waals surface area contributed by atoms with Crippen molar-refractivity contribution in [2.75, 3.05) is 32.1 Å². The second-order valence-electron chi connectivity index (χ2n) is 5.18. The van der Waals surface area contributed by atoms with E-state index in [9.17, 15) is 13.6 Å². The number of nitrogens with zero attached hydrogens (tertiary/aromatic N) is 1. The van der Waals surface area contributed by atoms with E-state index in [1.807, 2.05) is 6.92 Å². The number of nitrogens with one attached hydrogen (secondary N) is 1. The van der Waals surface area contributed by atoms with Crippen molar-refractivity contribution in [1.82, 2.24) is 4.90 Å². The smallest absolute Gasteiger partial charge is 0.254 e. The maximum Gasteiger partial charge on any atom is 0.254 e. The Labute approximate surface area is 123 Å². The van der Waals surface area contributed by atoms with Crippen LogP contribution in [0, 0.1) is 11.6 Å². The van der Waals surface area contributed by atoms with Gasteiger partial charge >= 0.3 is 0 Å². The minimum Gasteiger partial charge on any atom is -0.380 e. The van der Waals surface area contributed by atoms with Crippen LogP contribution in [0.4, 0.5) is 14.5 Å². The number of hydrogen-bond acceptors (Lipinski definition) is 3. The molecule has 1 unspecified atom stereocenters. The van der Waals surface area contributed by atoms with Crippen molar-refractivity contribution >= 4 is 11.6 Å². The van der Waals surface area contributed by atoms with Gasteiger partial charge in [-0.05, 0) is 25.0 Å². The summed E-state index contributed by atoms with van der Waals surface area (Å²) < 4.78 is 33.1. The molecule has 1 aliphatic rings. The lowest BCUT2D eigenvalue weighted by molar-refractivity contribution is 0.0710. The number of ether oxygens (including phenoxy) is 1. The number of likely N-dealkylation sites (N-methyl/N-ethyl adjacent to an activating group) is 1. The van der Waals surface area contributed by atoms with Gasteiger partial charge < -0.3 is 15.0 Å². The van der Waals surface area contributed by atoms with Crippen LogP contribution >= 0.6 is 0 Å². The molecule has 1 amide bonds. The molecule has 0 saturated carbocycles. The fraction of sp³-hybridized carbons (Fsp3) is 0.533. The zero-order valence-corrected chi connectivity index (χ0v) is 12.3. The Morgan fingerprint density at radius 1 is 1.43 bits per heavy atom. The van der Waals surface area contributed by atoms with E-state index in [0.717, 1.165) is 25.0 Å². The van der Waals surface area contributed by atoms with E-state index < -0.39 is 17.5 Å². The molecule has 2 rings (SSSR count). The molecule has 1 heterocycles. The number of hydrogen-bond donors (Lipinski definition) is 1. The normalized spacial score (nSPS) is 17.8. The molecule has 1 fully saturated rings. The number of benzene rings is 1. The minimum atomic E-state index is -0.747. The van der Waals surface area contributed by atoms with Gasteiger partial charge in [0.25, 0.3) is 5.91 Å². The van der Waals surface area contributed by atoms with E-state index in [0.29, 0.717) is 19.8 Å². The monoisotopic (exact) mass is 298 g/mol. The van der Waals surface area contributed by atoms with Gasteiger partial charge in [0.05, 0.1) is 12.6 Å². The average molecular weight is 298 g/mol. The lowest BCUT2D eigenvalue weighted by atomic mass is 10.1. The summed E-state index contributed by atoms with van der Waals surface area (Å²) in [5.41, 5.74) is -0.165. The Morgan fingerprint density at radius 2 is 2.10 bits per heavy atom. The summed E-state index contributed by atoms with van der Waals surface area (Å²) in [6.45, 7) is 3.44. The van der Waals surface area contributed by atoms with Gasteiger partial charge in [-0.3, -0.25) is 4.79 Å². The molecule has 6 heteroatoms. The molecule has 1 aliphatic heterocycles. The van der Waals surface area contributed by atoms with Crippen molar-refractivity contribution in [1.29, 1.82) is 0 Å². The van der Waals surface area contributed by atoms with E-state index in [1.54, 1.807) is 7.05 Å². The maximum absolute atomic E-state index is 13.9. The molecule has 1 saturated heterocycles. The van der Waals surface area contributed by atoms with Crippen LogP contribution in [0.5, 0.6) is 0 Å². The lowest BCUT2D eigenvalue weighted by Crippen LogP contribution is -2.37. The van der Waals surface area contributed by atoms with Gasteiger partial charge in [0.1, 0.15) is 17.3 Å². The Balaban J connectivity index is 2.17. The number of carbonyl (C=O) groups is 1. The third-order valence-corrected chi connectivity index (χ3v) is 3.61. The van der Waals surface area contributed by atoms with Crippen LogP contribution in [-0.2, 0) is 4.74 Å². The first-order chi connectivity index (χ1) is 10.0. The van der Waals surface area contributed by atoms with Gasteiger partial charge in [-0.2, -0.15) is 0 Å². The topological polar surface area (TPSA) is 41.6 Å². The van der Waals surface area contributed by atoms with Crippen LogP contribution < -0.4 is 5.32 Å². The molecule has 116 valence electrons. The Kier molecular flexibility index (Phi) is 5.12. The molecule has 0 spiro atoms. The highest BCUT2D eigenvalue weighted by molar-refractivity contribution is 5.94. The van der Waals surface area contributed by atoms with Crippen molar-refractivity contribution in [3.63, 3.8) is 0 Å². The molecule has 1 aromatic carbocycles. The first kappa shape index (κ1) is 15.7. The maximum atomic E-state index is 13.9. The molecule has 1 N–H and O–H groups in total. The van der Waals surface area contributed by atoms with E-state index in [1.165, 1.54) is 4.90 Å². The molecule has 1 aromatic rings. The van der Waals surface area contributed by atoms with Gasteiger partial charge in [0.2, 0.25) is 0 Å². The first-order valence-electron chi connectivity index (χ1n) is 7.12. The second kappa shape index (κ2) is 6.85. The van der Waals surface area contributed by atoms with Crippen LogP contribution in [0.15, 0.2) is 12.1 Å². The molecule has 0 radical (unpaired) electrons. The summed E-state index contributed by atoms with van der Waals surface area (Å²) in [5, 5.41) is 2.69. The second-order valence-corrected chi connectivity index (χ2v) is 5.18. The summed E-state index contributed by atoms with van der Waals surface area (Å²) in [5.74, 6) is -1.89. The zero-order chi connectivity index (χ0) is 15.4. The van der Waals surface area contributed by atoms with Crippen molar-refractivity contribution in [2.24, 2.45) is 0 Å². The zero-order valence-electron chi connectivity index (χ0n) is 12.3. The van der Waals surface area contributed by atoms with Crippen molar-refractivity contribution in [2.45, 2.75) is 25.8 Å². The van der Waals surface area contributed by atoms with Gasteiger partial charge in [0, 0.05) is 25.8 Å². The third-order valence-electron chi connectivity index (χ3n) is 3.61. The van der Waals surface area contributed by atoms with Crippen molar-refractivity contribution < 1.29 is 18.3 Å². The predicted octanol–water partition coefficient (Wildman–Crippen LogP) is 2.65. The summed E-state index contributed by atoms with van der Waals surface area (Å²) in [4.78, 5) is 13.8. The summed E-state index contributed by atoms with van der Waals surface area (Å²) in [7, 11) is 1.63. The van der Waals surface area contributed by atoms with E-state index in [2.05, 4.69) is 5.32 Å². The Bertz CT molecular complexity index is 493. The van der Waals surface area contributed by atoms with Gasteiger partial charge in [-0.1, -0.05) is 6.92 Å². The predicted molar refractivity (Wildman–Crippen MR) is 76.5 cm³/mol. The van der Waals surface area contributed by atoms with Crippen molar-refractivity contribution in [3.05, 3.63) is 29.3 Å². The van der Waals surface area contributed by atoms with Crippen LogP contribution in [-0.4, -0.2) is 43.7 Å². The van der Waals surface area contributed by atoms with Crippen LogP contribution in [0.2, 0.25) is 0 Å². The molecular weight excluding hydrogens is 278 g/mol. The standard InChI is InChI=1S/C15H20F2N2O2/c1-3-5-18-14-12(16)7-10(8-13(14)17)15(20)19(2)11-4-6-21-9-11/h7-8,11,18H,3-6,9H2,1-2H3. The summed E-state index contributed by atoms with van der Waals surface area (Å²) in [6, 6.07) is 2.12. The Morgan fingerprint density at radius 3 is 2.62 bits per heavy atom. The highest BCUT2D eigenvalue weighted by Gasteiger charge is 2.26.